The number of hydrogen-bond acceptors (Lipinski definition) is 3. The highest BCUT2D eigenvalue weighted by Gasteiger charge is 2.17. The van der Waals surface area contributed by atoms with Crippen LogP contribution in [0.15, 0.2) is 84.0 Å². The zero-order chi connectivity index (χ0) is 23.4. The second kappa shape index (κ2) is 9.74. The molecule has 0 bridgehead atoms. The zero-order valence-electron chi connectivity index (χ0n) is 19.3. The third-order valence-corrected chi connectivity index (χ3v) is 5.66. The standard InChI is InChI=1S/C28H27FN2O2/c1-19-5-7-22(8-6-19)18-33-30-20(2)27-17-28(23-9-15-26(32-4)16-10-23)31(21(27)3)25-13-11-24(29)12-14-25/h5-17H,18H2,1-4H3/b30-20-. The predicted octanol–water partition coefficient (Wildman–Crippen LogP) is 6.85. The minimum Gasteiger partial charge on any atom is -0.497 e. The lowest BCUT2D eigenvalue weighted by atomic mass is 10.1. The van der Waals surface area contributed by atoms with Crippen molar-refractivity contribution in [2.45, 2.75) is 27.4 Å². The Hall–Kier alpha value is -3.86. The largest absolute Gasteiger partial charge is 0.497 e. The molecule has 168 valence electrons. The number of halogens is 1. The number of benzene rings is 3. The molecule has 0 spiro atoms. The van der Waals surface area contributed by atoms with E-state index in [1.165, 1.54) is 17.7 Å². The van der Waals surface area contributed by atoms with Gasteiger partial charge in [0.25, 0.3) is 0 Å². The van der Waals surface area contributed by atoms with E-state index in [2.05, 4.69) is 34.8 Å². The normalized spacial score (nSPS) is 11.5. The van der Waals surface area contributed by atoms with Crippen molar-refractivity contribution in [3.63, 3.8) is 0 Å². The maximum absolute atomic E-state index is 13.6. The van der Waals surface area contributed by atoms with Crippen LogP contribution in [0.3, 0.4) is 0 Å². The zero-order valence-corrected chi connectivity index (χ0v) is 19.3. The van der Waals surface area contributed by atoms with E-state index in [0.717, 1.165) is 45.2 Å². The molecule has 0 radical (unpaired) electrons. The lowest BCUT2D eigenvalue weighted by molar-refractivity contribution is 0.130. The van der Waals surface area contributed by atoms with Gasteiger partial charge < -0.3 is 14.1 Å². The molecular formula is C28H27FN2O2. The highest BCUT2D eigenvalue weighted by molar-refractivity contribution is 6.01. The Morgan fingerprint density at radius 1 is 0.909 bits per heavy atom. The van der Waals surface area contributed by atoms with Gasteiger partial charge in [-0.25, -0.2) is 4.39 Å². The van der Waals surface area contributed by atoms with Crippen LogP contribution in [-0.2, 0) is 11.4 Å². The molecule has 4 rings (SSSR count). The molecule has 1 heterocycles. The van der Waals surface area contributed by atoms with Crippen LogP contribution in [0, 0.1) is 19.7 Å². The van der Waals surface area contributed by atoms with Crippen molar-refractivity contribution in [1.29, 1.82) is 0 Å². The molecule has 3 aromatic carbocycles. The first-order valence-electron chi connectivity index (χ1n) is 10.8. The lowest BCUT2D eigenvalue weighted by Gasteiger charge is -2.13. The van der Waals surface area contributed by atoms with E-state index in [-0.39, 0.29) is 5.82 Å². The van der Waals surface area contributed by atoms with E-state index in [1.54, 1.807) is 19.2 Å². The van der Waals surface area contributed by atoms with Gasteiger partial charge in [0.15, 0.2) is 0 Å². The Balaban J connectivity index is 1.70. The highest BCUT2D eigenvalue weighted by atomic mass is 19.1. The highest BCUT2D eigenvalue weighted by Crippen LogP contribution is 2.31. The molecule has 5 heteroatoms. The summed E-state index contributed by atoms with van der Waals surface area (Å²) in [5, 5.41) is 4.38. The summed E-state index contributed by atoms with van der Waals surface area (Å²) in [6.07, 6.45) is 0. The summed E-state index contributed by atoms with van der Waals surface area (Å²) in [5.74, 6) is 0.523. The van der Waals surface area contributed by atoms with Gasteiger partial charge in [-0.15, -0.1) is 0 Å². The minimum atomic E-state index is -0.267. The van der Waals surface area contributed by atoms with Gasteiger partial charge in [0, 0.05) is 16.9 Å². The Bertz CT molecular complexity index is 1260. The summed E-state index contributed by atoms with van der Waals surface area (Å²) >= 11 is 0. The first-order chi connectivity index (χ1) is 16.0. The average Bonchev–Trinajstić information content (AvgIpc) is 3.18. The van der Waals surface area contributed by atoms with Gasteiger partial charge in [-0.2, -0.15) is 0 Å². The first kappa shape index (κ1) is 22.3. The van der Waals surface area contributed by atoms with Crippen molar-refractivity contribution in [3.05, 3.63) is 107 Å². The van der Waals surface area contributed by atoms with Crippen LogP contribution in [-0.4, -0.2) is 17.4 Å². The number of hydrogen-bond donors (Lipinski definition) is 0. The maximum Gasteiger partial charge on any atom is 0.142 e. The van der Waals surface area contributed by atoms with Gasteiger partial charge in [0.05, 0.1) is 18.5 Å². The molecule has 1 aromatic heterocycles. The van der Waals surface area contributed by atoms with Gasteiger partial charge >= 0.3 is 0 Å². The average molecular weight is 443 g/mol. The summed E-state index contributed by atoms with van der Waals surface area (Å²) in [5.41, 5.74) is 7.88. The molecule has 0 saturated carbocycles. The summed E-state index contributed by atoms with van der Waals surface area (Å²) < 4.78 is 21.0. The van der Waals surface area contributed by atoms with Crippen LogP contribution in [0.4, 0.5) is 4.39 Å². The second-order valence-electron chi connectivity index (χ2n) is 8.00. The van der Waals surface area contributed by atoms with Crippen LogP contribution >= 0.6 is 0 Å². The fourth-order valence-corrected chi connectivity index (χ4v) is 3.81. The Kier molecular flexibility index (Phi) is 6.59. The molecule has 0 aliphatic carbocycles. The molecule has 0 unspecified atom stereocenters. The number of aryl methyl sites for hydroxylation is 1. The van der Waals surface area contributed by atoms with Gasteiger partial charge in [0.2, 0.25) is 0 Å². The number of ether oxygens (including phenoxy) is 1. The van der Waals surface area contributed by atoms with E-state index in [1.807, 2.05) is 50.2 Å². The van der Waals surface area contributed by atoms with Gasteiger partial charge in [-0.3, -0.25) is 0 Å². The smallest absolute Gasteiger partial charge is 0.142 e. The Morgan fingerprint density at radius 3 is 2.21 bits per heavy atom. The molecule has 0 aliphatic rings. The van der Waals surface area contributed by atoms with E-state index in [4.69, 9.17) is 9.57 Å². The van der Waals surface area contributed by atoms with E-state index >= 15 is 0 Å². The number of aromatic nitrogens is 1. The molecule has 0 atom stereocenters. The molecule has 0 saturated heterocycles. The molecule has 0 aliphatic heterocycles. The topological polar surface area (TPSA) is 35.8 Å². The monoisotopic (exact) mass is 442 g/mol. The first-order valence-corrected chi connectivity index (χ1v) is 10.8. The van der Waals surface area contributed by atoms with Crippen molar-refractivity contribution < 1.29 is 14.0 Å². The van der Waals surface area contributed by atoms with Crippen molar-refractivity contribution in [2.24, 2.45) is 5.16 Å². The number of oxime groups is 1. The molecule has 0 N–H and O–H groups in total. The number of nitrogens with zero attached hydrogens (tertiary/aromatic N) is 2. The number of methoxy groups -OCH3 is 1. The van der Waals surface area contributed by atoms with Crippen LogP contribution in [0.25, 0.3) is 16.9 Å². The molecule has 0 amide bonds. The van der Waals surface area contributed by atoms with Crippen LogP contribution < -0.4 is 4.74 Å². The van der Waals surface area contributed by atoms with E-state index in [9.17, 15) is 4.39 Å². The predicted molar refractivity (Wildman–Crippen MR) is 131 cm³/mol. The summed E-state index contributed by atoms with van der Waals surface area (Å²) in [6.45, 7) is 6.43. The third kappa shape index (κ3) is 4.98. The Labute approximate surface area is 193 Å². The van der Waals surface area contributed by atoms with E-state index in [0.29, 0.717) is 6.61 Å². The van der Waals surface area contributed by atoms with E-state index < -0.39 is 0 Å². The molecule has 4 nitrogen and oxygen atoms in total. The maximum atomic E-state index is 13.6. The fraction of sp³-hybridized carbons (Fsp3) is 0.179. The quantitative estimate of drug-likeness (QED) is 0.232. The van der Waals surface area contributed by atoms with Crippen molar-refractivity contribution >= 4 is 5.71 Å². The minimum absolute atomic E-state index is 0.267. The third-order valence-electron chi connectivity index (χ3n) is 5.66. The van der Waals surface area contributed by atoms with Crippen LogP contribution in [0.2, 0.25) is 0 Å². The van der Waals surface area contributed by atoms with Crippen LogP contribution in [0.1, 0.15) is 29.3 Å². The summed E-state index contributed by atoms with van der Waals surface area (Å²) in [4.78, 5) is 5.65. The number of rotatable bonds is 7. The molecular weight excluding hydrogens is 415 g/mol. The fourth-order valence-electron chi connectivity index (χ4n) is 3.81. The Morgan fingerprint density at radius 2 is 1.58 bits per heavy atom. The SMILES string of the molecule is COc1ccc(-c2cc(/C(C)=N\OCc3ccc(C)cc3)c(C)n2-c2ccc(F)cc2)cc1. The van der Waals surface area contributed by atoms with Crippen molar-refractivity contribution in [3.8, 4) is 22.7 Å². The summed E-state index contributed by atoms with van der Waals surface area (Å²) in [7, 11) is 1.65. The molecule has 4 aromatic rings. The lowest BCUT2D eigenvalue weighted by Crippen LogP contribution is -2.02. The van der Waals surface area contributed by atoms with Gasteiger partial charge in [0.1, 0.15) is 18.2 Å². The summed E-state index contributed by atoms with van der Waals surface area (Å²) in [6, 6.07) is 24.7. The van der Waals surface area contributed by atoms with Crippen molar-refractivity contribution in [1.82, 2.24) is 4.57 Å². The second-order valence-corrected chi connectivity index (χ2v) is 8.00. The molecule has 33 heavy (non-hydrogen) atoms. The molecule has 0 fully saturated rings. The van der Waals surface area contributed by atoms with Gasteiger partial charge in [-0.1, -0.05) is 35.0 Å². The van der Waals surface area contributed by atoms with Crippen LogP contribution in [0.5, 0.6) is 5.75 Å². The van der Waals surface area contributed by atoms with Gasteiger partial charge in [-0.05, 0) is 86.5 Å². The van der Waals surface area contributed by atoms with Crippen molar-refractivity contribution in [2.75, 3.05) is 7.11 Å².